The van der Waals surface area contributed by atoms with Crippen LogP contribution in [0.4, 0.5) is 11.6 Å². The van der Waals surface area contributed by atoms with Gasteiger partial charge in [-0.15, -0.1) is 0 Å². The van der Waals surface area contributed by atoms with Gasteiger partial charge < -0.3 is 15.6 Å². The summed E-state index contributed by atoms with van der Waals surface area (Å²) in [6, 6.07) is 1.95. The number of nitrogens with zero attached hydrogens (tertiary/aromatic N) is 4. The van der Waals surface area contributed by atoms with Crippen LogP contribution >= 0.6 is 0 Å². The van der Waals surface area contributed by atoms with E-state index in [1.807, 2.05) is 13.1 Å². The lowest BCUT2D eigenvalue weighted by Gasteiger charge is -2.33. The number of piperazine rings is 1. The van der Waals surface area contributed by atoms with Crippen LogP contribution in [0.15, 0.2) is 6.07 Å². The van der Waals surface area contributed by atoms with Gasteiger partial charge in [0.05, 0.1) is 0 Å². The molecule has 0 spiro atoms. The minimum atomic E-state index is -0.0641. The van der Waals surface area contributed by atoms with Crippen LogP contribution in [0.5, 0.6) is 0 Å². The van der Waals surface area contributed by atoms with Crippen LogP contribution in [0, 0.1) is 0 Å². The predicted octanol–water partition coefficient (Wildman–Crippen LogP) is 1.39. The fourth-order valence-electron chi connectivity index (χ4n) is 2.05. The van der Waals surface area contributed by atoms with Crippen LogP contribution in [0.1, 0.15) is 26.6 Å². The molecule has 0 bridgehead atoms. The van der Waals surface area contributed by atoms with Crippen LogP contribution in [-0.4, -0.2) is 60.2 Å². The third kappa shape index (κ3) is 3.80. The first kappa shape index (κ1) is 15.0. The lowest BCUT2D eigenvalue weighted by Crippen LogP contribution is -2.47. The SMILES string of the molecule is CNc1cc(NN2CCN(C)CC2)nc(C(C)(C)C)n1. The monoisotopic (exact) mass is 278 g/mol. The zero-order valence-electron chi connectivity index (χ0n) is 13.2. The fraction of sp³-hybridized carbons (Fsp3) is 0.714. The largest absolute Gasteiger partial charge is 0.373 e. The van der Waals surface area contributed by atoms with Crippen LogP contribution in [0.3, 0.4) is 0 Å². The number of hydrogen-bond acceptors (Lipinski definition) is 6. The molecule has 1 aliphatic heterocycles. The Morgan fingerprint density at radius 1 is 1.05 bits per heavy atom. The second-order valence-electron chi connectivity index (χ2n) is 6.36. The normalized spacial score (nSPS) is 18.1. The van der Waals surface area contributed by atoms with E-state index in [-0.39, 0.29) is 5.41 Å². The molecular formula is C14H26N6. The van der Waals surface area contributed by atoms with Crippen molar-refractivity contribution in [1.29, 1.82) is 0 Å². The van der Waals surface area contributed by atoms with Crippen molar-refractivity contribution in [2.24, 2.45) is 0 Å². The lowest BCUT2D eigenvalue weighted by molar-refractivity contribution is 0.178. The molecule has 0 atom stereocenters. The van der Waals surface area contributed by atoms with Gasteiger partial charge >= 0.3 is 0 Å². The molecule has 2 rings (SSSR count). The molecule has 0 aliphatic carbocycles. The van der Waals surface area contributed by atoms with Gasteiger partial charge in [0.15, 0.2) is 0 Å². The summed E-state index contributed by atoms with van der Waals surface area (Å²) in [5.74, 6) is 2.56. The van der Waals surface area contributed by atoms with Crippen molar-refractivity contribution in [3.05, 3.63) is 11.9 Å². The van der Waals surface area contributed by atoms with Gasteiger partial charge in [-0.3, -0.25) is 0 Å². The molecule has 112 valence electrons. The van der Waals surface area contributed by atoms with Crippen LogP contribution < -0.4 is 10.7 Å². The Balaban J connectivity index is 2.14. The van der Waals surface area contributed by atoms with Crippen molar-refractivity contribution in [1.82, 2.24) is 19.9 Å². The fourth-order valence-corrected chi connectivity index (χ4v) is 2.05. The molecule has 0 unspecified atom stereocenters. The number of nitrogens with one attached hydrogen (secondary N) is 2. The average molecular weight is 278 g/mol. The van der Waals surface area contributed by atoms with Crippen LogP contribution in [-0.2, 0) is 5.41 Å². The maximum absolute atomic E-state index is 4.65. The number of hydrazine groups is 1. The van der Waals surface area contributed by atoms with Gasteiger partial charge in [-0.25, -0.2) is 15.0 Å². The Labute approximate surface area is 121 Å². The van der Waals surface area contributed by atoms with Crippen molar-refractivity contribution in [3.8, 4) is 0 Å². The third-order valence-electron chi connectivity index (χ3n) is 3.43. The highest BCUT2D eigenvalue weighted by atomic mass is 15.5. The van der Waals surface area contributed by atoms with Gasteiger partial charge in [0.1, 0.15) is 17.5 Å². The summed E-state index contributed by atoms with van der Waals surface area (Å²) in [5, 5.41) is 5.32. The van der Waals surface area contributed by atoms with E-state index in [4.69, 9.17) is 0 Å². The summed E-state index contributed by atoms with van der Waals surface area (Å²) < 4.78 is 0. The van der Waals surface area contributed by atoms with Gasteiger partial charge in [0.25, 0.3) is 0 Å². The van der Waals surface area contributed by atoms with E-state index < -0.39 is 0 Å². The Morgan fingerprint density at radius 3 is 2.20 bits per heavy atom. The highest BCUT2D eigenvalue weighted by molar-refractivity contribution is 5.47. The van der Waals surface area contributed by atoms with E-state index in [0.717, 1.165) is 43.6 Å². The molecule has 0 aromatic carbocycles. The molecule has 0 saturated carbocycles. The maximum atomic E-state index is 4.65. The summed E-state index contributed by atoms with van der Waals surface area (Å²) in [6.45, 7) is 10.5. The first-order valence-electron chi connectivity index (χ1n) is 7.16. The molecule has 0 amide bonds. The van der Waals surface area contributed by atoms with E-state index in [9.17, 15) is 0 Å². The van der Waals surface area contributed by atoms with Crippen molar-refractivity contribution in [2.75, 3.05) is 51.0 Å². The summed E-state index contributed by atoms with van der Waals surface area (Å²) >= 11 is 0. The number of likely N-dealkylation sites (N-methyl/N-ethyl adjacent to an activating group) is 1. The van der Waals surface area contributed by atoms with E-state index in [0.29, 0.717) is 0 Å². The molecule has 6 heteroatoms. The van der Waals surface area contributed by atoms with Gasteiger partial charge in [0, 0.05) is 44.7 Å². The molecule has 1 saturated heterocycles. The molecule has 1 fully saturated rings. The third-order valence-corrected chi connectivity index (χ3v) is 3.43. The Morgan fingerprint density at radius 2 is 1.65 bits per heavy atom. The second-order valence-corrected chi connectivity index (χ2v) is 6.36. The highest BCUT2D eigenvalue weighted by Gasteiger charge is 2.20. The average Bonchev–Trinajstić information content (AvgIpc) is 2.40. The lowest BCUT2D eigenvalue weighted by atomic mass is 9.96. The first-order chi connectivity index (χ1) is 9.38. The van der Waals surface area contributed by atoms with Crippen molar-refractivity contribution in [2.45, 2.75) is 26.2 Å². The van der Waals surface area contributed by atoms with E-state index in [2.05, 4.69) is 58.4 Å². The highest BCUT2D eigenvalue weighted by Crippen LogP contribution is 2.22. The van der Waals surface area contributed by atoms with Gasteiger partial charge in [-0.05, 0) is 7.05 Å². The Kier molecular flexibility index (Phi) is 4.45. The zero-order chi connectivity index (χ0) is 14.8. The van der Waals surface area contributed by atoms with E-state index in [1.165, 1.54) is 0 Å². The molecule has 1 aromatic heterocycles. The number of rotatable bonds is 3. The van der Waals surface area contributed by atoms with Crippen molar-refractivity contribution >= 4 is 11.6 Å². The smallest absolute Gasteiger partial charge is 0.146 e. The summed E-state index contributed by atoms with van der Waals surface area (Å²) in [6.07, 6.45) is 0. The molecule has 6 nitrogen and oxygen atoms in total. The minimum absolute atomic E-state index is 0.0641. The number of hydrogen-bond donors (Lipinski definition) is 2. The van der Waals surface area contributed by atoms with Crippen LogP contribution in [0.2, 0.25) is 0 Å². The van der Waals surface area contributed by atoms with Crippen molar-refractivity contribution in [3.63, 3.8) is 0 Å². The molecule has 0 radical (unpaired) electrons. The first-order valence-corrected chi connectivity index (χ1v) is 7.16. The molecule has 2 N–H and O–H groups in total. The molecule has 1 aromatic rings. The Hall–Kier alpha value is -1.40. The number of aromatic nitrogens is 2. The molecule has 2 heterocycles. The van der Waals surface area contributed by atoms with E-state index in [1.54, 1.807) is 0 Å². The summed E-state index contributed by atoms with van der Waals surface area (Å²) in [4.78, 5) is 11.5. The van der Waals surface area contributed by atoms with Gasteiger partial charge in [0.2, 0.25) is 0 Å². The van der Waals surface area contributed by atoms with Crippen LogP contribution in [0.25, 0.3) is 0 Å². The maximum Gasteiger partial charge on any atom is 0.146 e. The summed E-state index contributed by atoms with van der Waals surface area (Å²) in [5.41, 5.74) is 3.34. The predicted molar refractivity (Wildman–Crippen MR) is 83.0 cm³/mol. The van der Waals surface area contributed by atoms with E-state index >= 15 is 0 Å². The quantitative estimate of drug-likeness (QED) is 0.871. The zero-order valence-corrected chi connectivity index (χ0v) is 13.2. The minimum Gasteiger partial charge on any atom is -0.373 e. The second kappa shape index (κ2) is 5.93. The van der Waals surface area contributed by atoms with Gasteiger partial charge in [-0.1, -0.05) is 20.8 Å². The number of anilines is 2. The summed E-state index contributed by atoms with van der Waals surface area (Å²) in [7, 11) is 4.03. The molecular weight excluding hydrogens is 252 g/mol. The standard InChI is InChI=1S/C14H26N6/c1-14(2,3)13-16-11(15-4)10-12(17-13)18-20-8-6-19(5)7-9-20/h10H,6-9H2,1-5H3,(H2,15,16,17,18). The van der Waals surface area contributed by atoms with Crippen molar-refractivity contribution < 1.29 is 0 Å². The van der Waals surface area contributed by atoms with Gasteiger partial charge in [-0.2, -0.15) is 0 Å². The molecule has 1 aliphatic rings. The molecule has 20 heavy (non-hydrogen) atoms. The topological polar surface area (TPSA) is 56.3 Å². The Bertz CT molecular complexity index is 445.